The average molecular weight is 392 g/mol. The SMILES string of the molecule is C[C@@H]1CN([C@@H](c2ccccc2)c2cccc(C(F)(F)F)c2)CCN1CC(=O)O. The summed E-state index contributed by atoms with van der Waals surface area (Å²) < 4.78 is 39.7. The van der Waals surface area contributed by atoms with E-state index in [1.54, 1.807) is 6.07 Å². The highest BCUT2D eigenvalue weighted by molar-refractivity contribution is 5.69. The van der Waals surface area contributed by atoms with Crippen LogP contribution in [0.3, 0.4) is 0 Å². The van der Waals surface area contributed by atoms with Crippen molar-refractivity contribution in [1.29, 1.82) is 0 Å². The zero-order chi connectivity index (χ0) is 20.3. The molecule has 1 aliphatic heterocycles. The summed E-state index contributed by atoms with van der Waals surface area (Å²) in [7, 11) is 0. The molecule has 1 heterocycles. The van der Waals surface area contributed by atoms with Crippen LogP contribution in [0.15, 0.2) is 54.6 Å². The minimum absolute atomic E-state index is 0.0122. The second kappa shape index (κ2) is 8.32. The lowest BCUT2D eigenvalue weighted by atomic mass is 9.94. The Morgan fingerprint density at radius 1 is 1.11 bits per heavy atom. The van der Waals surface area contributed by atoms with Crippen molar-refractivity contribution in [2.24, 2.45) is 0 Å². The van der Waals surface area contributed by atoms with E-state index in [2.05, 4.69) is 4.90 Å². The van der Waals surface area contributed by atoms with Gasteiger partial charge in [-0.25, -0.2) is 0 Å². The van der Waals surface area contributed by atoms with E-state index in [-0.39, 0.29) is 18.6 Å². The molecule has 3 rings (SSSR count). The number of rotatable bonds is 5. The maximum absolute atomic E-state index is 13.2. The molecule has 2 atom stereocenters. The number of carboxylic acid groups (broad SMARTS) is 1. The molecule has 2 aromatic carbocycles. The molecule has 0 aliphatic carbocycles. The Kier molecular flexibility index (Phi) is 6.05. The first-order chi connectivity index (χ1) is 13.3. The maximum atomic E-state index is 13.2. The third-order valence-corrected chi connectivity index (χ3v) is 5.15. The lowest BCUT2D eigenvalue weighted by Crippen LogP contribution is -2.54. The normalized spacial score (nSPS) is 20.1. The van der Waals surface area contributed by atoms with Crippen molar-refractivity contribution in [1.82, 2.24) is 9.80 Å². The summed E-state index contributed by atoms with van der Waals surface area (Å²) in [6.07, 6.45) is -4.40. The predicted octanol–water partition coefficient (Wildman–Crippen LogP) is 3.89. The van der Waals surface area contributed by atoms with Crippen LogP contribution in [0.5, 0.6) is 0 Å². The lowest BCUT2D eigenvalue weighted by Gasteiger charge is -2.43. The van der Waals surface area contributed by atoms with Crippen molar-refractivity contribution in [3.8, 4) is 0 Å². The number of nitrogens with zero attached hydrogens (tertiary/aromatic N) is 2. The summed E-state index contributed by atoms with van der Waals surface area (Å²) in [5, 5.41) is 9.06. The number of carbonyl (C=O) groups is 1. The zero-order valence-corrected chi connectivity index (χ0v) is 15.6. The van der Waals surface area contributed by atoms with E-state index in [0.717, 1.165) is 11.6 Å². The van der Waals surface area contributed by atoms with E-state index in [1.165, 1.54) is 12.1 Å². The van der Waals surface area contributed by atoms with E-state index >= 15 is 0 Å². The number of carboxylic acids is 1. The Morgan fingerprint density at radius 3 is 2.39 bits per heavy atom. The highest BCUT2D eigenvalue weighted by Gasteiger charge is 2.34. The molecule has 0 aromatic heterocycles. The summed E-state index contributed by atoms with van der Waals surface area (Å²) in [4.78, 5) is 15.1. The topological polar surface area (TPSA) is 43.8 Å². The fourth-order valence-corrected chi connectivity index (χ4v) is 3.80. The van der Waals surface area contributed by atoms with Crippen molar-refractivity contribution in [3.63, 3.8) is 0 Å². The fraction of sp³-hybridized carbons (Fsp3) is 0.381. The van der Waals surface area contributed by atoms with Gasteiger partial charge < -0.3 is 5.11 Å². The van der Waals surface area contributed by atoms with Crippen LogP contribution in [-0.2, 0) is 11.0 Å². The van der Waals surface area contributed by atoms with Gasteiger partial charge in [-0.3, -0.25) is 14.6 Å². The molecule has 0 spiro atoms. The van der Waals surface area contributed by atoms with Crippen LogP contribution in [0.2, 0.25) is 0 Å². The number of hydrogen-bond acceptors (Lipinski definition) is 3. The molecule has 1 aliphatic rings. The molecule has 0 unspecified atom stereocenters. The van der Waals surface area contributed by atoms with E-state index in [9.17, 15) is 18.0 Å². The molecular formula is C21H23F3N2O2. The van der Waals surface area contributed by atoms with E-state index in [1.807, 2.05) is 42.2 Å². The highest BCUT2D eigenvalue weighted by atomic mass is 19.4. The Hall–Kier alpha value is -2.38. The largest absolute Gasteiger partial charge is 0.480 e. The monoisotopic (exact) mass is 392 g/mol. The molecule has 1 N–H and O–H groups in total. The molecule has 1 saturated heterocycles. The molecule has 2 aromatic rings. The quantitative estimate of drug-likeness (QED) is 0.839. The third-order valence-electron chi connectivity index (χ3n) is 5.15. The van der Waals surface area contributed by atoms with Gasteiger partial charge in [0, 0.05) is 25.7 Å². The van der Waals surface area contributed by atoms with Gasteiger partial charge in [0.1, 0.15) is 0 Å². The van der Waals surface area contributed by atoms with Crippen LogP contribution in [-0.4, -0.2) is 53.1 Å². The molecule has 0 saturated carbocycles. The summed E-state index contributed by atoms with van der Waals surface area (Å²) in [5.41, 5.74) is 0.837. The number of halogens is 3. The molecule has 7 heteroatoms. The number of aliphatic carboxylic acids is 1. The van der Waals surface area contributed by atoms with E-state index < -0.39 is 17.7 Å². The summed E-state index contributed by atoms with van der Waals surface area (Å²) in [5.74, 6) is -0.877. The van der Waals surface area contributed by atoms with Crippen LogP contribution >= 0.6 is 0 Å². The smallest absolute Gasteiger partial charge is 0.416 e. The van der Waals surface area contributed by atoms with Gasteiger partial charge in [-0.1, -0.05) is 42.5 Å². The second-order valence-corrected chi connectivity index (χ2v) is 7.14. The van der Waals surface area contributed by atoms with Gasteiger partial charge in [0.05, 0.1) is 18.2 Å². The Bertz CT molecular complexity index is 811. The molecular weight excluding hydrogens is 369 g/mol. The van der Waals surface area contributed by atoms with Crippen molar-refractivity contribution in [2.75, 3.05) is 26.2 Å². The Balaban J connectivity index is 1.93. The van der Waals surface area contributed by atoms with Crippen LogP contribution in [0.4, 0.5) is 13.2 Å². The molecule has 1 fully saturated rings. The highest BCUT2D eigenvalue weighted by Crippen LogP contribution is 2.35. The van der Waals surface area contributed by atoms with Gasteiger partial charge in [-0.05, 0) is 30.2 Å². The van der Waals surface area contributed by atoms with Gasteiger partial charge in [0.2, 0.25) is 0 Å². The van der Waals surface area contributed by atoms with Crippen molar-refractivity contribution in [2.45, 2.75) is 25.2 Å². The summed E-state index contributed by atoms with van der Waals surface area (Å²) in [6, 6.07) is 14.6. The molecule has 0 amide bonds. The van der Waals surface area contributed by atoms with E-state index in [4.69, 9.17) is 5.11 Å². The first kappa shape index (κ1) is 20.4. The number of benzene rings is 2. The van der Waals surface area contributed by atoms with Crippen LogP contribution in [0, 0.1) is 0 Å². The average Bonchev–Trinajstić information content (AvgIpc) is 2.64. The minimum atomic E-state index is -4.40. The first-order valence-electron chi connectivity index (χ1n) is 9.17. The van der Waals surface area contributed by atoms with Gasteiger partial charge in [0.25, 0.3) is 0 Å². The van der Waals surface area contributed by atoms with Gasteiger partial charge in [0.15, 0.2) is 0 Å². The van der Waals surface area contributed by atoms with Crippen molar-refractivity contribution < 1.29 is 23.1 Å². The van der Waals surface area contributed by atoms with E-state index in [0.29, 0.717) is 25.2 Å². The molecule has 0 radical (unpaired) electrons. The fourth-order valence-electron chi connectivity index (χ4n) is 3.80. The summed E-state index contributed by atoms with van der Waals surface area (Å²) in [6.45, 7) is 3.62. The zero-order valence-electron chi connectivity index (χ0n) is 15.6. The molecule has 4 nitrogen and oxygen atoms in total. The molecule has 28 heavy (non-hydrogen) atoms. The lowest BCUT2D eigenvalue weighted by molar-refractivity contribution is -0.139. The number of alkyl halides is 3. The summed E-state index contributed by atoms with van der Waals surface area (Å²) >= 11 is 0. The standard InChI is InChI=1S/C21H23F3N2O2/c1-15-13-26(11-10-25(15)14-19(27)28)20(16-6-3-2-4-7-16)17-8-5-9-18(12-17)21(22,23)24/h2-9,12,15,20H,10-11,13-14H2,1H3,(H,27,28)/t15-,20+/m1/s1. The predicted molar refractivity (Wildman–Crippen MR) is 100.0 cm³/mol. The van der Waals surface area contributed by atoms with Crippen molar-refractivity contribution in [3.05, 3.63) is 71.3 Å². The Morgan fingerprint density at radius 2 is 1.79 bits per heavy atom. The van der Waals surface area contributed by atoms with Crippen molar-refractivity contribution >= 4 is 5.97 Å². The maximum Gasteiger partial charge on any atom is 0.416 e. The van der Waals surface area contributed by atoms with Gasteiger partial charge in [-0.2, -0.15) is 13.2 Å². The van der Waals surface area contributed by atoms with Crippen LogP contribution in [0.1, 0.15) is 29.7 Å². The van der Waals surface area contributed by atoms with Crippen LogP contribution < -0.4 is 0 Å². The Labute approximate surface area is 162 Å². The number of piperazine rings is 1. The second-order valence-electron chi connectivity index (χ2n) is 7.14. The van der Waals surface area contributed by atoms with Gasteiger partial charge in [-0.15, -0.1) is 0 Å². The molecule has 0 bridgehead atoms. The minimum Gasteiger partial charge on any atom is -0.480 e. The van der Waals surface area contributed by atoms with Crippen LogP contribution in [0.25, 0.3) is 0 Å². The number of hydrogen-bond donors (Lipinski definition) is 1. The molecule has 150 valence electrons. The first-order valence-corrected chi connectivity index (χ1v) is 9.17. The third kappa shape index (κ3) is 4.72. The van der Waals surface area contributed by atoms with Gasteiger partial charge >= 0.3 is 12.1 Å².